The van der Waals surface area contributed by atoms with Gasteiger partial charge in [-0.05, 0) is 25.1 Å². The zero-order valence-corrected chi connectivity index (χ0v) is 20.0. The number of ether oxygens (including phenoxy) is 7. The summed E-state index contributed by atoms with van der Waals surface area (Å²) in [5, 5.41) is 0. The maximum Gasteiger partial charge on any atom is 0.303 e. The molecule has 12 nitrogen and oxygen atoms in total. The third-order valence-corrected chi connectivity index (χ3v) is 4.60. The first-order valence-electron chi connectivity index (χ1n) is 10.7. The average Bonchev–Trinajstić information content (AvgIpc) is 2.76. The van der Waals surface area contributed by atoms with Crippen LogP contribution in [0, 0.1) is 0 Å². The second kappa shape index (κ2) is 12.7. The van der Waals surface area contributed by atoms with Gasteiger partial charge in [0.05, 0.1) is 6.61 Å². The molecule has 0 radical (unpaired) electrons. The normalized spacial score (nSPS) is 23.4. The molecule has 0 aromatic heterocycles. The fourth-order valence-corrected chi connectivity index (χ4v) is 3.37. The van der Waals surface area contributed by atoms with Gasteiger partial charge in [-0.3, -0.25) is 24.0 Å². The first-order chi connectivity index (χ1) is 16.5. The Kier molecular flexibility index (Phi) is 10.0. The lowest BCUT2D eigenvalue weighted by molar-refractivity contribution is -0.288. The highest BCUT2D eigenvalue weighted by atomic mass is 16.7. The molecule has 1 aromatic carbocycles. The molecule has 192 valence electrons. The van der Waals surface area contributed by atoms with Gasteiger partial charge in [-0.25, -0.2) is 0 Å². The van der Waals surface area contributed by atoms with Crippen molar-refractivity contribution in [1.82, 2.24) is 0 Å². The zero-order chi connectivity index (χ0) is 26.1. The van der Waals surface area contributed by atoms with Crippen LogP contribution in [0.1, 0.15) is 45.0 Å². The third-order valence-electron chi connectivity index (χ3n) is 4.60. The summed E-state index contributed by atoms with van der Waals surface area (Å²) >= 11 is 0. The summed E-state index contributed by atoms with van der Waals surface area (Å²) in [4.78, 5) is 58.2. The van der Waals surface area contributed by atoms with Gasteiger partial charge in [-0.2, -0.15) is 0 Å². The van der Waals surface area contributed by atoms with Gasteiger partial charge in [0.1, 0.15) is 19.0 Å². The molecular weight excluding hydrogens is 468 g/mol. The summed E-state index contributed by atoms with van der Waals surface area (Å²) in [6.45, 7) is 6.13. The molecule has 1 aliphatic rings. The van der Waals surface area contributed by atoms with E-state index < -0.39 is 54.6 Å². The van der Waals surface area contributed by atoms with E-state index in [2.05, 4.69) is 0 Å². The first-order valence-corrected chi connectivity index (χ1v) is 10.7. The van der Waals surface area contributed by atoms with Crippen LogP contribution in [0.5, 0.6) is 11.5 Å². The second-order valence-electron chi connectivity index (χ2n) is 7.44. The molecule has 0 saturated carbocycles. The molecule has 1 aromatic rings. The van der Waals surface area contributed by atoms with Crippen molar-refractivity contribution in [2.24, 2.45) is 0 Å². The summed E-state index contributed by atoms with van der Waals surface area (Å²) in [7, 11) is 0. The summed E-state index contributed by atoms with van der Waals surface area (Å²) in [5.74, 6) is -2.58. The van der Waals surface area contributed by atoms with Gasteiger partial charge in [-0.15, -0.1) is 0 Å². The van der Waals surface area contributed by atoms with Gasteiger partial charge >= 0.3 is 23.9 Å². The number of hydrogen-bond donors (Lipinski definition) is 0. The second-order valence-corrected chi connectivity index (χ2v) is 7.44. The quantitative estimate of drug-likeness (QED) is 0.261. The van der Waals surface area contributed by atoms with Crippen LogP contribution in [-0.4, -0.2) is 74.1 Å². The molecule has 5 atom stereocenters. The average molecular weight is 496 g/mol. The molecule has 1 heterocycles. The van der Waals surface area contributed by atoms with Gasteiger partial charge in [0, 0.05) is 33.3 Å². The fraction of sp³-hybridized carbons (Fsp3) is 0.522. The first kappa shape index (κ1) is 27.6. The van der Waals surface area contributed by atoms with Crippen molar-refractivity contribution in [3.8, 4) is 11.5 Å². The van der Waals surface area contributed by atoms with Crippen molar-refractivity contribution in [1.29, 1.82) is 0 Å². The largest absolute Gasteiger partial charge is 0.490 e. The Labute approximate surface area is 201 Å². The van der Waals surface area contributed by atoms with Crippen molar-refractivity contribution in [3.63, 3.8) is 0 Å². The summed E-state index contributed by atoms with van der Waals surface area (Å²) in [6, 6.07) is 4.36. The lowest BCUT2D eigenvalue weighted by atomic mass is 9.98. The topological polar surface area (TPSA) is 150 Å². The van der Waals surface area contributed by atoms with Crippen LogP contribution in [0.2, 0.25) is 0 Å². The standard InChI is InChI=1S/C23H28O12/c1-6-29-18-9-16(10-24)7-8-17(18)34-23-22(33-15(5)28)21(32-14(4)27)20(31-13(3)26)19(35-23)11-30-12(2)25/h7-10,19-23H,6,11H2,1-5H3/t19?,20-,21?,22-,23+/m0/s1. The highest BCUT2D eigenvalue weighted by molar-refractivity contribution is 5.76. The number of carbonyl (C=O) groups excluding carboxylic acids is 5. The van der Waals surface area contributed by atoms with Gasteiger partial charge in [0.15, 0.2) is 23.7 Å². The number of benzene rings is 1. The summed E-state index contributed by atoms with van der Waals surface area (Å²) in [6.07, 6.45) is -6.02. The van der Waals surface area contributed by atoms with E-state index in [1.54, 1.807) is 6.92 Å². The Morgan fingerprint density at radius 1 is 0.857 bits per heavy atom. The van der Waals surface area contributed by atoms with E-state index in [1.165, 1.54) is 25.1 Å². The van der Waals surface area contributed by atoms with E-state index >= 15 is 0 Å². The van der Waals surface area contributed by atoms with Crippen LogP contribution in [0.3, 0.4) is 0 Å². The Hall–Kier alpha value is -3.67. The Bertz CT molecular complexity index is 942. The number of rotatable bonds is 10. The van der Waals surface area contributed by atoms with Crippen LogP contribution in [0.4, 0.5) is 0 Å². The zero-order valence-electron chi connectivity index (χ0n) is 20.0. The molecule has 12 heteroatoms. The minimum absolute atomic E-state index is 0.123. The van der Waals surface area contributed by atoms with Crippen LogP contribution in [0.15, 0.2) is 18.2 Å². The number of carbonyl (C=O) groups is 5. The molecule has 0 amide bonds. The third kappa shape index (κ3) is 7.95. The molecule has 0 N–H and O–H groups in total. The fourth-order valence-electron chi connectivity index (χ4n) is 3.37. The van der Waals surface area contributed by atoms with Crippen LogP contribution in [0.25, 0.3) is 0 Å². The lowest BCUT2D eigenvalue weighted by Crippen LogP contribution is -2.63. The van der Waals surface area contributed by atoms with Crippen LogP contribution in [-0.2, 0) is 42.9 Å². The van der Waals surface area contributed by atoms with E-state index in [0.29, 0.717) is 11.8 Å². The van der Waals surface area contributed by atoms with Crippen LogP contribution < -0.4 is 9.47 Å². The Morgan fingerprint density at radius 3 is 2.00 bits per heavy atom. The molecule has 1 aliphatic heterocycles. The van der Waals surface area contributed by atoms with E-state index in [9.17, 15) is 24.0 Å². The SMILES string of the molecule is CCOc1cc(C=O)ccc1O[C@@H]1OC(COC(C)=O)[C@H](OC(C)=O)C(OC(C)=O)[C@@H]1OC(C)=O. The predicted molar refractivity (Wildman–Crippen MR) is 116 cm³/mol. The monoisotopic (exact) mass is 496 g/mol. The summed E-state index contributed by atoms with van der Waals surface area (Å²) < 4.78 is 38.4. The maximum atomic E-state index is 11.9. The number of aldehydes is 1. The van der Waals surface area contributed by atoms with Crippen molar-refractivity contribution < 1.29 is 57.1 Å². The molecule has 0 bridgehead atoms. The number of esters is 4. The van der Waals surface area contributed by atoms with E-state index in [-0.39, 0.29) is 24.7 Å². The van der Waals surface area contributed by atoms with Crippen molar-refractivity contribution in [2.45, 2.75) is 65.3 Å². The molecule has 0 spiro atoms. The lowest BCUT2D eigenvalue weighted by Gasteiger charge is -2.44. The van der Waals surface area contributed by atoms with Crippen molar-refractivity contribution in [3.05, 3.63) is 23.8 Å². The Morgan fingerprint density at radius 2 is 1.46 bits per heavy atom. The molecule has 1 fully saturated rings. The highest BCUT2D eigenvalue weighted by Crippen LogP contribution is 2.34. The summed E-state index contributed by atoms with van der Waals surface area (Å²) in [5.41, 5.74) is 0.322. The van der Waals surface area contributed by atoms with Crippen molar-refractivity contribution >= 4 is 30.2 Å². The van der Waals surface area contributed by atoms with Gasteiger partial charge in [-0.1, -0.05) is 0 Å². The highest BCUT2D eigenvalue weighted by Gasteiger charge is 2.53. The predicted octanol–water partition coefficient (Wildman–Crippen LogP) is 1.36. The minimum Gasteiger partial charge on any atom is -0.490 e. The molecule has 35 heavy (non-hydrogen) atoms. The molecular formula is C23H28O12. The van der Waals surface area contributed by atoms with Gasteiger partial charge < -0.3 is 33.2 Å². The Balaban J connectivity index is 2.52. The number of hydrogen-bond acceptors (Lipinski definition) is 12. The van der Waals surface area contributed by atoms with Crippen molar-refractivity contribution in [2.75, 3.05) is 13.2 Å². The molecule has 2 rings (SSSR count). The smallest absolute Gasteiger partial charge is 0.303 e. The minimum atomic E-state index is -1.42. The molecule has 2 unspecified atom stereocenters. The maximum absolute atomic E-state index is 11.9. The van der Waals surface area contributed by atoms with E-state index in [0.717, 1.165) is 20.8 Å². The van der Waals surface area contributed by atoms with Crippen LogP contribution >= 0.6 is 0 Å². The molecule has 1 saturated heterocycles. The van der Waals surface area contributed by atoms with E-state index in [4.69, 9.17) is 33.2 Å². The molecule has 0 aliphatic carbocycles. The van der Waals surface area contributed by atoms with Gasteiger partial charge in [0.25, 0.3) is 0 Å². The van der Waals surface area contributed by atoms with Gasteiger partial charge in [0.2, 0.25) is 12.4 Å². The van der Waals surface area contributed by atoms with E-state index in [1.807, 2.05) is 0 Å².